The Labute approximate surface area is 94.2 Å². The zero-order chi connectivity index (χ0) is 11.5. The van der Waals surface area contributed by atoms with Crippen LogP contribution in [-0.4, -0.2) is 26.5 Å². The topological polar surface area (TPSA) is 80.5 Å². The molecule has 0 aromatic carbocycles. The van der Waals surface area contributed by atoms with Gasteiger partial charge in [0.25, 0.3) is 0 Å². The maximum atomic E-state index is 5.59. The first-order chi connectivity index (χ1) is 7.72. The number of aromatic nitrogens is 4. The number of aromatic amines is 1. The maximum Gasteiger partial charge on any atom is 0.110 e. The second-order valence-corrected chi connectivity index (χ2v) is 3.81. The van der Waals surface area contributed by atoms with Crippen LogP contribution in [0.4, 0.5) is 0 Å². The molecule has 0 aliphatic heterocycles. The molecule has 0 fully saturated rings. The lowest BCUT2D eigenvalue weighted by Crippen LogP contribution is -2.10. The maximum absolute atomic E-state index is 5.59. The van der Waals surface area contributed by atoms with Crippen LogP contribution >= 0.6 is 0 Å². The Balaban J connectivity index is 2.35. The number of aryl methyl sites for hydroxylation is 1. The van der Waals surface area contributed by atoms with E-state index in [9.17, 15) is 0 Å². The van der Waals surface area contributed by atoms with Crippen molar-refractivity contribution in [2.75, 3.05) is 6.54 Å². The third kappa shape index (κ3) is 1.94. The molecular formula is C11H15N5. The number of rotatable bonds is 3. The first-order valence-corrected chi connectivity index (χ1v) is 5.25. The van der Waals surface area contributed by atoms with Crippen molar-refractivity contribution in [3.8, 4) is 11.4 Å². The molecule has 2 heterocycles. The number of imidazole rings is 1. The summed E-state index contributed by atoms with van der Waals surface area (Å²) in [5, 5.41) is 0. The summed E-state index contributed by atoms with van der Waals surface area (Å²) in [6.45, 7) is 4.54. The van der Waals surface area contributed by atoms with Gasteiger partial charge in [0.1, 0.15) is 11.5 Å². The number of nitrogens with one attached hydrogen (secondary N) is 1. The van der Waals surface area contributed by atoms with E-state index in [-0.39, 0.29) is 5.92 Å². The van der Waals surface area contributed by atoms with Crippen molar-refractivity contribution in [2.45, 2.75) is 19.8 Å². The van der Waals surface area contributed by atoms with Crippen molar-refractivity contribution in [1.29, 1.82) is 0 Å². The van der Waals surface area contributed by atoms with Crippen LogP contribution in [0.2, 0.25) is 0 Å². The van der Waals surface area contributed by atoms with E-state index in [1.54, 1.807) is 18.6 Å². The zero-order valence-electron chi connectivity index (χ0n) is 9.44. The van der Waals surface area contributed by atoms with Gasteiger partial charge in [0.2, 0.25) is 0 Å². The predicted octanol–water partition coefficient (Wildman–Crippen LogP) is 1.24. The zero-order valence-corrected chi connectivity index (χ0v) is 9.44. The van der Waals surface area contributed by atoms with E-state index in [0.29, 0.717) is 6.54 Å². The number of hydrogen-bond donors (Lipinski definition) is 2. The fourth-order valence-electron chi connectivity index (χ4n) is 1.49. The second-order valence-electron chi connectivity index (χ2n) is 3.81. The molecule has 84 valence electrons. The fourth-order valence-corrected chi connectivity index (χ4v) is 1.49. The molecular weight excluding hydrogens is 202 g/mol. The van der Waals surface area contributed by atoms with Gasteiger partial charge in [-0.3, -0.25) is 9.97 Å². The van der Waals surface area contributed by atoms with Crippen LogP contribution in [0.15, 0.2) is 18.6 Å². The van der Waals surface area contributed by atoms with Gasteiger partial charge in [0.15, 0.2) is 0 Å². The highest BCUT2D eigenvalue weighted by molar-refractivity contribution is 5.55. The summed E-state index contributed by atoms with van der Waals surface area (Å²) in [6.07, 6.45) is 5.13. The smallest absolute Gasteiger partial charge is 0.110 e. The number of nitrogens with two attached hydrogens (primary N) is 1. The molecule has 0 saturated carbocycles. The first-order valence-electron chi connectivity index (χ1n) is 5.25. The Bertz CT molecular complexity index is 477. The molecule has 16 heavy (non-hydrogen) atoms. The summed E-state index contributed by atoms with van der Waals surface area (Å²) >= 11 is 0. The molecule has 0 radical (unpaired) electrons. The van der Waals surface area contributed by atoms with Gasteiger partial charge in [-0.15, -0.1) is 0 Å². The number of H-pyrrole nitrogens is 1. The van der Waals surface area contributed by atoms with Gasteiger partial charge in [-0.25, -0.2) is 4.98 Å². The summed E-state index contributed by atoms with van der Waals surface area (Å²) < 4.78 is 0. The van der Waals surface area contributed by atoms with Gasteiger partial charge in [0.05, 0.1) is 17.6 Å². The highest BCUT2D eigenvalue weighted by Crippen LogP contribution is 2.19. The Morgan fingerprint density at radius 2 is 2.06 bits per heavy atom. The Hall–Kier alpha value is -1.75. The highest BCUT2D eigenvalue weighted by atomic mass is 14.9. The minimum absolute atomic E-state index is 0.228. The highest BCUT2D eigenvalue weighted by Gasteiger charge is 2.11. The summed E-state index contributed by atoms with van der Waals surface area (Å²) in [4.78, 5) is 16.0. The molecule has 1 unspecified atom stereocenters. The van der Waals surface area contributed by atoms with Gasteiger partial charge in [-0.1, -0.05) is 6.92 Å². The Morgan fingerprint density at radius 1 is 1.31 bits per heavy atom. The monoisotopic (exact) mass is 217 g/mol. The third-order valence-corrected chi connectivity index (χ3v) is 2.55. The number of hydrogen-bond acceptors (Lipinski definition) is 4. The van der Waals surface area contributed by atoms with Crippen molar-refractivity contribution in [2.24, 2.45) is 5.73 Å². The average molecular weight is 217 g/mol. The molecule has 5 nitrogen and oxygen atoms in total. The van der Waals surface area contributed by atoms with Crippen molar-refractivity contribution in [1.82, 2.24) is 19.9 Å². The quantitative estimate of drug-likeness (QED) is 0.810. The standard InChI is InChI=1S/C11H15N5/c1-7(5-12)11-15-6-9(16-11)10-8(2)13-3-4-14-10/h3-4,6-7H,5,12H2,1-2H3,(H,15,16). The fraction of sp³-hybridized carbons (Fsp3) is 0.364. The SMILES string of the molecule is Cc1nccnc1-c1cnc(C(C)CN)[nH]1. The normalized spacial score (nSPS) is 12.7. The lowest BCUT2D eigenvalue weighted by molar-refractivity contribution is 0.725. The molecule has 0 amide bonds. The molecule has 0 bridgehead atoms. The lowest BCUT2D eigenvalue weighted by atomic mass is 10.2. The summed E-state index contributed by atoms with van der Waals surface area (Å²) in [7, 11) is 0. The molecule has 2 aromatic heterocycles. The Morgan fingerprint density at radius 3 is 2.75 bits per heavy atom. The van der Waals surface area contributed by atoms with Gasteiger partial charge in [-0.05, 0) is 6.92 Å². The average Bonchev–Trinajstić information content (AvgIpc) is 2.78. The van der Waals surface area contributed by atoms with E-state index in [1.807, 2.05) is 13.8 Å². The molecule has 1 atom stereocenters. The summed E-state index contributed by atoms with van der Waals surface area (Å²) in [5.41, 5.74) is 8.21. The minimum atomic E-state index is 0.228. The number of nitrogens with zero attached hydrogens (tertiary/aromatic N) is 3. The lowest BCUT2D eigenvalue weighted by Gasteiger charge is -2.03. The largest absolute Gasteiger partial charge is 0.340 e. The van der Waals surface area contributed by atoms with Crippen LogP contribution in [0, 0.1) is 6.92 Å². The molecule has 0 aliphatic rings. The van der Waals surface area contributed by atoms with Crippen LogP contribution in [0.1, 0.15) is 24.4 Å². The summed E-state index contributed by atoms with van der Waals surface area (Å²) in [6, 6.07) is 0. The molecule has 0 aliphatic carbocycles. The second kappa shape index (κ2) is 4.40. The molecule has 2 aromatic rings. The third-order valence-electron chi connectivity index (χ3n) is 2.55. The van der Waals surface area contributed by atoms with Crippen molar-refractivity contribution >= 4 is 0 Å². The van der Waals surface area contributed by atoms with Gasteiger partial charge in [0, 0.05) is 24.9 Å². The van der Waals surface area contributed by atoms with Crippen molar-refractivity contribution < 1.29 is 0 Å². The van der Waals surface area contributed by atoms with Crippen LogP contribution in [-0.2, 0) is 0 Å². The van der Waals surface area contributed by atoms with Crippen molar-refractivity contribution in [3.05, 3.63) is 30.1 Å². The van der Waals surface area contributed by atoms with Gasteiger partial charge >= 0.3 is 0 Å². The molecule has 5 heteroatoms. The van der Waals surface area contributed by atoms with Crippen molar-refractivity contribution in [3.63, 3.8) is 0 Å². The molecule has 2 rings (SSSR count). The van der Waals surface area contributed by atoms with E-state index in [4.69, 9.17) is 5.73 Å². The van der Waals surface area contributed by atoms with Gasteiger partial charge < -0.3 is 10.7 Å². The molecule has 0 saturated heterocycles. The van der Waals surface area contributed by atoms with Crippen LogP contribution in [0.3, 0.4) is 0 Å². The van der Waals surface area contributed by atoms with E-state index >= 15 is 0 Å². The minimum Gasteiger partial charge on any atom is -0.340 e. The van der Waals surface area contributed by atoms with E-state index < -0.39 is 0 Å². The predicted molar refractivity (Wildman–Crippen MR) is 61.8 cm³/mol. The summed E-state index contributed by atoms with van der Waals surface area (Å²) in [5.74, 6) is 1.12. The Kier molecular flexibility index (Phi) is 2.96. The van der Waals surface area contributed by atoms with Gasteiger partial charge in [-0.2, -0.15) is 0 Å². The van der Waals surface area contributed by atoms with E-state index in [2.05, 4.69) is 19.9 Å². The van der Waals surface area contributed by atoms with Crippen LogP contribution in [0.25, 0.3) is 11.4 Å². The van der Waals surface area contributed by atoms with E-state index in [1.165, 1.54) is 0 Å². The molecule has 0 spiro atoms. The van der Waals surface area contributed by atoms with E-state index in [0.717, 1.165) is 22.9 Å². The molecule has 3 N–H and O–H groups in total. The van der Waals surface area contributed by atoms with Crippen LogP contribution in [0.5, 0.6) is 0 Å². The van der Waals surface area contributed by atoms with Crippen LogP contribution < -0.4 is 5.73 Å². The first kappa shape index (κ1) is 10.8.